The van der Waals surface area contributed by atoms with Crippen molar-refractivity contribution in [1.29, 1.82) is 0 Å². The third kappa shape index (κ3) is 4.25. The third-order valence-electron chi connectivity index (χ3n) is 2.07. The summed E-state index contributed by atoms with van der Waals surface area (Å²) in [5.74, 6) is -1.79. The number of benzene rings is 1. The van der Waals surface area contributed by atoms with E-state index in [0.717, 1.165) is 12.2 Å². The van der Waals surface area contributed by atoms with Gasteiger partial charge in [0, 0.05) is 24.3 Å². The van der Waals surface area contributed by atoms with E-state index in [4.69, 9.17) is 9.84 Å². The first-order chi connectivity index (χ1) is 8.52. The first-order valence-corrected chi connectivity index (χ1v) is 5.04. The Morgan fingerprint density at radius 3 is 2.78 bits per heavy atom. The highest BCUT2D eigenvalue weighted by Crippen LogP contribution is 2.18. The zero-order valence-corrected chi connectivity index (χ0v) is 9.64. The number of rotatable bonds is 5. The van der Waals surface area contributed by atoms with E-state index in [0.29, 0.717) is 11.3 Å². The molecule has 0 saturated carbocycles. The molecule has 0 atom stereocenters. The predicted molar refractivity (Wildman–Crippen MR) is 61.6 cm³/mol. The minimum absolute atomic E-state index is 0.0454. The molecule has 0 aliphatic carbocycles. The summed E-state index contributed by atoms with van der Waals surface area (Å²) in [6.45, 7) is 0.0454. The van der Waals surface area contributed by atoms with Crippen LogP contribution in [0.2, 0.25) is 0 Å². The van der Waals surface area contributed by atoms with E-state index >= 15 is 0 Å². The molecule has 0 bridgehead atoms. The second-order valence-electron chi connectivity index (χ2n) is 3.35. The van der Waals surface area contributed by atoms with Crippen LogP contribution in [0.4, 0.5) is 4.39 Å². The van der Waals surface area contributed by atoms with Gasteiger partial charge in [-0.15, -0.1) is 0 Å². The fourth-order valence-corrected chi connectivity index (χ4v) is 1.27. The summed E-state index contributed by atoms with van der Waals surface area (Å²) in [5, 5.41) is 10.8. The predicted octanol–water partition coefficient (Wildman–Crippen LogP) is 1.09. The lowest BCUT2D eigenvalue weighted by Crippen LogP contribution is -2.21. The van der Waals surface area contributed by atoms with Crippen LogP contribution in [-0.2, 0) is 16.1 Å². The monoisotopic (exact) mass is 253 g/mol. The molecule has 1 amide bonds. The van der Waals surface area contributed by atoms with Gasteiger partial charge in [-0.05, 0) is 18.2 Å². The quantitative estimate of drug-likeness (QED) is 0.770. The highest BCUT2D eigenvalue weighted by Gasteiger charge is 2.05. The van der Waals surface area contributed by atoms with Crippen molar-refractivity contribution in [3.63, 3.8) is 0 Å². The van der Waals surface area contributed by atoms with Crippen LogP contribution in [0.15, 0.2) is 30.4 Å². The number of nitrogens with one attached hydrogen (secondary N) is 1. The van der Waals surface area contributed by atoms with Gasteiger partial charge in [0.25, 0.3) is 0 Å². The van der Waals surface area contributed by atoms with Crippen LogP contribution in [0, 0.1) is 5.82 Å². The summed E-state index contributed by atoms with van der Waals surface area (Å²) < 4.78 is 18.0. The third-order valence-corrected chi connectivity index (χ3v) is 2.07. The number of amides is 1. The van der Waals surface area contributed by atoms with Gasteiger partial charge >= 0.3 is 5.97 Å². The molecule has 0 spiro atoms. The van der Waals surface area contributed by atoms with E-state index < -0.39 is 17.7 Å². The smallest absolute Gasteiger partial charge is 0.328 e. The van der Waals surface area contributed by atoms with E-state index in [1.807, 2.05) is 0 Å². The molecule has 0 heterocycles. The average Bonchev–Trinajstić information content (AvgIpc) is 2.34. The molecule has 6 heteroatoms. The van der Waals surface area contributed by atoms with Gasteiger partial charge in [0.05, 0.1) is 7.11 Å². The van der Waals surface area contributed by atoms with Crippen molar-refractivity contribution in [2.75, 3.05) is 7.11 Å². The maximum atomic E-state index is 13.0. The van der Waals surface area contributed by atoms with Crippen LogP contribution in [-0.4, -0.2) is 24.1 Å². The van der Waals surface area contributed by atoms with Gasteiger partial charge in [0.15, 0.2) is 0 Å². The molecule has 0 aromatic heterocycles. The summed E-state index contributed by atoms with van der Waals surface area (Å²) in [6.07, 6.45) is 1.60. The molecule has 5 nitrogen and oxygen atoms in total. The van der Waals surface area contributed by atoms with Crippen LogP contribution >= 0.6 is 0 Å². The number of aliphatic carboxylic acids is 1. The summed E-state index contributed by atoms with van der Waals surface area (Å²) in [5.41, 5.74) is 0.467. The molecule has 96 valence electrons. The van der Waals surface area contributed by atoms with Gasteiger partial charge in [-0.2, -0.15) is 0 Å². The zero-order valence-electron chi connectivity index (χ0n) is 9.64. The van der Waals surface area contributed by atoms with E-state index in [2.05, 4.69) is 5.32 Å². The SMILES string of the molecule is COc1ccc(F)cc1CNC(=O)/C=C/C(=O)O. The van der Waals surface area contributed by atoms with Crippen molar-refractivity contribution in [2.24, 2.45) is 0 Å². The lowest BCUT2D eigenvalue weighted by Gasteiger charge is -2.08. The molecule has 1 aromatic carbocycles. The molecule has 1 aromatic rings. The maximum Gasteiger partial charge on any atom is 0.328 e. The molecule has 0 aliphatic heterocycles. The molecular weight excluding hydrogens is 241 g/mol. The number of hydrogen-bond acceptors (Lipinski definition) is 3. The number of ether oxygens (including phenoxy) is 1. The summed E-state index contributed by atoms with van der Waals surface area (Å²) >= 11 is 0. The van der Waals surface area contributed by atoms with Crippen molar-refractivity contribution >= 4 is 11.9 Å². The number of carbonyl (C=O) groups is 2. The van der Waals surface area contributed by atoms with Gasteiger partial charge in [0.2, 0.25) is 5.91 Å². The number of methoxy groups -OCH3 is 1. The maximum absolute atomic E-state index is 13.0. The minimum Gasteiger partial charge on any atom is -0.496 e. The first-order valence-electron chi connectivity index (χ1n) is 5.04. The highest BCUT2D eigenvalue weighted by molar-refractivity contribution is 5.93. The van der Waals surface area contributed by atoms with Gasteiger partial charge in [-0.3, -0.25) is 4.79 Å². The van der Waals surface area contributed by atoms with Crippen molar-refractivity contribution in [3.8, 4) is 5.75 Å². The standard InChI is InChI=1S/C12H12FNO4/c1-18-10-3-2-9(13)6-8(10)7-14-11(15)4-5-12(16)17/h2-6H,7H2,1H3,(H,14,15)(H,16,17)/b5-4+. The Kier molecular flexibility index (Phi) is 4.86. The first kappa shape index (κ1) is 13.7. The molecule has 18 heavy (non-hydrogen) atoms. The topological polar surface area (TPSA) is 75.6 Å². The van der Waals surface area contributed by atoms with E-state index in [-0.39, 0.29) is 6.54 Å². The Bertz CT molecular complexity index is 485. The van der Waals surface area contributed by atoms with Crippen LogP contribution in [0.25, 0.3) is 0 Å². The van der Waals surface area contributed by atoms with E-state index in [1.165, 1.54) is 25.3 Å². The Hall–Kier alpha value is -2.37. The molecular formula is C12H12FNO4. The molecule has 0 saturated heterocycles. The summed E-state index contributed by atoms with van der Waals surface area (Å²) in [6, 6.07) is 3.93. The second-order valence-corrected chi connectivity index (χ2v) is 3.35. The Labute approximate surface area is 103 Å². The summed E-state index contributed by atoms with van der Waals surface area (Å²) in [4.78, 5) is 21.4. The Morgan fingerprint density at radius 1 is 1.44 bits per heavy atom. The number of carbonyl (C=O) groups excluding carboxylic acids is 1. The minimum atomic E-state index is -1.21. The molecule has 1 rings (SSSR count). The van der Waals surface area contributed by atoms with E-state index in [9.17, 15) is 14.0 Å². The molecule has 0 radical (unpaired) electrons. The number of hydrogen-bond donors (Lipinski definition) is 2. The number of carboxylic acids is 1. The van der Waals surface area contributed by atoms with Crippen molar-refractivity contribution < 1.29 is 23.8 Å². The van der Waals surface area contributed by atoms with Crippen LogP contribution < -0.4 is 10.1 Å². The van der Waals surface area contributed by atoms with Crippen molar-refractivity contribution in [2.45, 2.75) is 6.54 Å². The zero-order chi connectivity index (χ0) is 13.5. The van der Waals surface area contributed by atoms with Gasteiger partial charge < -0.3 is 15.2 Å². The van der Waals surface area contributed by atoms with Gasteiger partial charge in [0.1, 0.15) is 11.6 Å². The number of halogens is 1. The molecule has 0 aliphatic rings. The van der Waals surface area contributed by atoms with Crippen LogP contribution in [0.3, 0.4) is 0 Å². The Balaban J connectivity index is 2.65. The normalized spacial score (nSPS) is 10.3. The van der Waals surface area contributed by atoms with Crippen LogP contribution in [0.5, 0.6) is 5.75 Å². The lowest BCUT2D eigenvalue weighted by molar-refractivity contribution is -0.131. The van der Waals surface area contributed by atoms with Gasteiger partial charge in [-0.1, -0.05) is 0 Å². The summed E-state index contributed by atoms with van der Waals surface area (Å²) in [7, 11) is 1.43. The van der Waals surface area contributed by atoms with Crippen molar-refractivity contribution in [1.82, 2.24) is 5.32 Å². The van der Waals surface area contributed by atoms with Crippen molar-refractivity contribution in [3.05, 3.63) is 41.7 Å². The largest absolute Gasteiger partial charge is 0.496 e. The Morgan fingerprint density at radius 2 is 2.17 bits per heavy atom. The highest BCUT2D eigenvalue weighted by atomic mass is 19.1. The molecule has 0 fully saturated rings. The fourth-order valence-electron chi connectivity index (χ4n) is 1.27. The second kappa shape index (κ2) is 6.39. The molecule has 2 N–H and O–H groups in total. The fraction of sp³-hybridized carbons (Fsp3) is 0.167. The van der Waals surface area contributed by atoms with E-state index in [1.54, 1.807) is 0 Å². The lowest BCUT2D eigenvalue weighted by atomic mass is 10.2. The van der Waals surface area contributed by atoms with Crippen LogP contribution in [0.1, 0.15) is 5.56 Å². The molecule has 0 unspecified atom stereocenters. The van der Waals surface area contributed by atoms with Gasteiger partial charge in [-0.25, -0.2) is 9.18 Å². The number of carboxylic acid groups (broad SMARTS) is 1. The average molecular weight is 253 g/mol.